The second-order valence-electron chi connectivity index (χ2n) is 4.79. The zero-order chi connectivity index (χ0) is 11.4. The van der Waals surface area contributed by atoms with Crippen molar-refractivity contribution in [1.29, 1.82) is 5.26 Å². The molecule has 0 aromatic carbocycles. The first kappa shape index (κ1) is 11.4. The third kappa shape index (κ3) is 2.35. The first-order valence-electron chi connectivity index (χ1n) is 6.21. The van der Waals surface area contributed by atoms with Crippen LogP contribution in [-0.2, 0) is 4.79 Å². The van der Waals surface area contributed by atoms with E-state index in [1.165, 1.54) is 19.3 Å². The maximum Gasteiger partial charge on any atom is 0.237 e. The fourth-order valence-corrected chi connectivity index (χ4v) is 2.96. The summed E-state index contributed by atoms with van der Waals surface area (Å²) in [5.41, 5.74) is 0. The first-order chi connectivity index (χ1) is 7.83. The van der Waals surface area contributed by atoms with Crippen molar-refractivity contribution in [2.75, 3.05) is 13.1 Å². The van der Waals surface area contributed by atoms with E-state index >= 15 is 0 Å². The van der Waals surface area contributed by atoms with Crippen LogP contribution >= 0.6 is 0 Å². The van der Waals surface area contributed by atoms with Crippen LogP contribution in [0.3, 0.4) is 0 Å². The zero-order valence-electron chi connectivity index (χ0n) is 9.54. The Bertz CT molecular complexity index is 297. The molecular formula is C12H19N3O. The quantitative estimate of drug-likeness (QED) is 0.690. The summed E-state index contributed by atoms with van der Waals surface area (Å²) in [5, 5.41) is 14.6. The van der Waals surface area contributed by atoms with Crippen LogP contribution in [0.1, 0.15) is 32.1 Å². The number of carbonyl (C=O) groups is 1. The van der Waals surface area contributed by atoms with Crippen LogP contribution in [0.25, 0.3) is 0 Å². The average Bonchev–Trinajstić information content (AvgIpc) is 2.85. The third-order valence-corrected chi connectivity index (χ3v) is 3.79. The third-order valence-electron chi connectivity index (χ3n) is 3.79. The number of amides is 1. The molecule has 1 saturated heterocycles. The van der Waals surface area contributed by atoms with E-state index in [1.54, 1.807) is 0 Å². The number of hydrogen-bond donors (Lipinski definition) is 2. The van der Waals surface area contributed by atoms with Gasteiger partial charge in [0.2, 0.25) is 5.91 Å². The monoisotopic (exact) mass is 221 g/mol. The Labute approximate surface area is 96.4 Å². The Morgan fingerprint density at radius 2 is 2.38 bits per heavy atom. The molecule has 1 aliphatic heterocycles. The van der Waals surface area contributed by atoms with Crippen LogP contribution in [0.5, 0.6) is 0 Å². The maximum atomic E-state index is 11.9. The molecule has 1 amide bonds. The molecule has 2 rings (SSSR count). The molecule has 0 aromatic rings. The second kappa shape index (κ2) is 5.31. The molecule has 0 bridgehead atoms. The summed E-state index contributed by atoms with van der Waals surface area (Å²) >= 11 is 0. The van der Waals surface area contributed by atoms with Crippen LogP contribution < -0.4 is 10.6 Å². The summed E-state index contributed by atoms with van der Waals surface area (Å²) in [7, 11) is 0. The minimum absolute atomic E-state index is 0.0228. The fourth-order valence-electron chi connectivity index (χ4n) is 2.96. The van der Waals surface area contributed by atoms with Gasteiger partial charge in [-0.1, -0.05) is 6.42 Å². The van der Waals surface area contributed by atoms with Gasteiger partial charge < -0.3 is 10.6 Å². The summed E-state index contributed by atoms with van der Waals surface area (Å²) in [4.78, 5) is 11.9. The van der Waals surface area contributed by atoms with E-state index < -0.39 is 0 Å². The summed E-state index contributed by atoms with van der Waals surface area (Å²) in [6, 6.07) is 2.10. The van der Waals surface area contributed by atoms with Gasteiger partial charge in [0.15, 0.2) is 0 Å². The van der Waals surface area contributed by atoms with E-state index in [4.69, 9.17) is 5.26 Å². The average molecular weight is 221 g/mol. The van der Waals surface area contributed by atoms with E-state index in [9.17, 15) is 4.79 Å². The molecule has 2 N–H and O–H groups in total. The number of fused-ring (bicyclic) bond motifs is 1. The van der Waals surface area contributed by atoms with Crippen molar-refractivity contribution in [3.63, 3.8) is 0 Å². The molecule has 0 spiro atoms. The minimum atomic E-state index is 0.0228. The van der Waals surface area contributed by atoms with Gasteiger partial charge in [-0.15, -0.1) is 0 Å². The Balaban J connectivity index is 1.75. The van der Waals surface area contributed by atoms with Crippen LogP contribution in [0.2, 0.25) is 0 Å². The van der Waals surface area contributed by atoms with Crippen LogP contribution in [0.15, 0.2) is 0 Å². The highest BCUT2D eigenvalue weighted by atomic mass is 16.2. The van der Waals surface area contributed by atoms with E-state index in [1.807, 2.05) is 0 Å². The van der Waals surface area contributed by atoms with Crippen molar-refractivity contribution in [3.8, 4) is 6.07 Å². The molecular weight excluding hydrogens is 202 g/mol. The number of rotatable bonds is 4. The lowest BCUT2D eigenvalue weighted by Gasteiger charge is -2.17. The minimum Gasteiger partial charge on any atom is -0.355 e. The van der Waals surface area contributed by atoms with Gasteiger partial charge in [0, 0.05) is 13.0 Å². The fraction of sp³-hybridized carbons (Fsp3) is 0.833. The first-order valence-corrected chi connectivity index (χ1v) is 6.21. The molecule has 4 heteroatoms. The molecule has 3 atom stereocenters. The van der Waals surface area contributed by atoms with Crippen molar-refractivity contribution in [3.05, 3.63) is 0 Å². The lowest BCUT2D eigenvalue weighted by Crippen LogP contribution is -2.44. The number of carbonyl (C=O) groups excluding carboxylic acids is 1. The smallest absolute Gasteiger partial charge is 0.237 e. The molecule has 2 aliphatic rings. The Morgan fingerprint density at radius 3 is 3.19 bits per heavy atom. The summed E-state index contributed by atoms with van der Waals surface area (Å²) in [6.45, 7) is 1.63. The van der Waals surface area contributed by atoms with Crippen molar-refractivity contribution in [2.45, 2.75) is 38.1 Å². The molecule has 0 aromatic heterocycles. The summed E-state index contributed by atoms with van der Waals surface area (Å²) < 4.78 is 0. The van der Waals surface area contributed by atoms with Crippen LogP contribution in [0.4, 0.5) is 0 Å². The van der Waals surface area contributed by atoms with Gasteiger partial charge in [-0.25, -0.2) is 0 Å². The van der Waals surface area contributed by atoms with Gasteiger partial charge in [0.1, 0.15) is 0 Å². The summed E-state index contributed by atoms with van der Waals surface area (Å²) in [6.07, 6.45) is 5.01. The van der Waals surface area contributed by atoms with E-state index in [2.05, 4.69) is 16.7 Å². The molecule has 16 heavy (non-hydrogen) atoms. The molecule has 1 heterocycles. The van der Waals surface area contributed by atoms with Crippen molar-refractivity contribution >= 4 is 5.91 Å². The Hall–Kier alpha value is -1.08. The van der Waals surface area contributed by atoms with Gasteiger partial charge >= 0.3 is 0 Å². The number of nitrogens with one attached hydrogen (secondary N) is 2. The predicted molar refractivity (Wildman–Crippen MR) is 60.5 cm³/mol. The number of unbranched alkanes of at least 4 members (excludes halogenated alkanes) is 1. The van der Waals surface area contributed by atoms with Crippen LogP contribution in [-0.4, -0.2) is 25.0 Å². The van der Waals surface area contributed by atoms with Crippen LogP contribution in [0, 0.1) is 23.2 Å². The van der Waals surface area contributed by atoms with Gasteiger partial charge in [-0.3, -0.25) is 4.79 Å². The molecule has 1 saturated carbocycles. The second-order valence-corrected chi connectivity index (χ2v) is 4.79. The SMILES string of the molecule is N#CCCCNC(=O)C1NCC2CCCC21. The van der Waals surface area contributed by atoms with Crippen molar-refractivity contribution < 1.29 is 4.79 Å². The predicted octanol–water partition coefficient (Wildman–Crippen LogP) is 0.794. The van der Waals surface area contributed by atoms with Gasteiger partial charge in [-0.2, -0.15) is 5.26 Å². The molecule has 2 fully saturated rings. The number of nitriles is 1. The maximum absolute atomic E-state index is 11.9. The van der Waals surface area contributed by atoms with Crippen molar-refractivity contribution in [2.24, 2.45) is 11.8 Å². The topological polar surface area (TPSA) is 64.9 Å². The molecule has 3 unspecified atom stereocenters. The standard InChI is InChI=1S/C12H19N3O/c13-6-1-2-7-14-12(16)11-10-5-3-4-9(10)8-15-11/h9-11,15H,1-5,7-8H2,(H,14,16). The molecule has 4 nitrogen and oxygen atoms in total. The van der Waals surface area contributed by atoms with Gasteiger partial charge in [0.25, 0.3) is 0 Å². The van der Waals surface area contributed by atoms with Gasteiger partial charge in [0.05, 0.1) is 12.1 Å². The lowest BCUT2D eigenvalue weighted by atomic mass is 9.93. The lowest BCUT2D eigenvalue weighted by molar-refractivity contribution is -0.123. The number of nitrogens with zero attached hydrogens (tertiary/aromatic N) is 1. The molecule has 0 radical (unpaired) electrons. The highest BCUT2D eigenvalue weighted by Gasteiger charge is 2.42. The van der Waals surface area contributed by atoms with E-state index in [0.717, 1.165) is 18.9 Å². The van der Waals surface area contributed by atoms with Crippen molar-refractivity contribution in [1.82, 2.24) is 10.6 Å². The van der Waals surface area contributed by atoms with Gasteiger partial charge in [-0.05, 0) is 37.6 Å². The van der Waals surface area contributed by atoms with E-state index in [-0.39, 0.29) is 11.9 Å². The zero-order valence-corrected chi connectivity index (χ0v) is 9.54. The van der Waals surface area contributed by atoms with E-state index in [0.29, 0.717) is 18.9 Å². The highest BCUT2D eigenvalue weighted by Crippen LogP contribution is 2.37. The normalized spacial score (nSPS) is 32.1. The molecule has 88 valence electrons. The summed E-state index contributed by atoms with van der Waals surface area (Å²) in [5.74, 6) is 1.40. The Kier molecular flexibility index (Phi) is 3.79. The number of hydrogen-bond acceptors (Lipinski definition) is 3. The largest absolute Gasteiger partial charge is 0.355 e. The highest BCUT2D eigenvalue weighted by molar-refractivity contribution is 5.82. The molecule has 1 aliphatic carbocycles. The Morgan fingerprint density at radius 1 is 1.50 bits per heavy atom.